The summed E-state index contributed by atoms with van der Waals surface area (Å²) in [6, 6.07) is 12.7. The molecule has 0 saturated carbocycles. The van der Waals surface area contributed by atoms with E-state index in [1.54, 1.807) is 48.8 Å². The highest BCUT2D eigenvalue weighted by Crippen LogP contribution is 2.24. The number of anilines is 2. The first kappa shape index (κ1) is 20.2. The Labute approximate surface area is 164 Å². The van der Waals surface area contributed by atoms with E-state index in [1.165, 1.54) is 12.1 Å². The second-order valence-corrected chi connectivity index (χ2v) is 6.02. The normalized spacial score (nSPS) is 11.9. The van der Waals surface area contributed by atoms with Crippen LogP contribution in [0.2, 0.25) is 0 Å². The Bertz CT molecular complexity index is 949. The predicted octanol–water partition coefficient (Wildman–Crippen LogP) is 3.65. The Balaban J connectivity index is 1.67. The van der Waals surface area contributed by atoms with E-state index in [2.05, 4.69) is 20.0 Å². The maximum Gasteiger partial charge on any atom is 0.387 e. The lowest BCUT2D eigenvalue weighted by Gasteiger charge is -2.11. The van der Waals surface area contributed by atoms with Gasteiger partial charge in [-0.05, 0) is 35.4 Å². The van der Waals surface area contributed by atoms with Crippen LogP contribution in [0.3, 0.4) is 0 Å². The molecule has 0 fully saturated rings. The van der Waals surface area contributed by atoms with Gasteiger partial charge in [0.05, 0.1) is 6.61 Å². The molecular weight excluding hydrogens is 384 g/mol. The average Bonchev–Trinajstić information content (AvgIpc) is 2.70. The molecule has 0 aliphatic carbocycles. The molecule has 0 aliphatic heterocycles. The molecule has 2 aromatic carbocycles. The van der Waals surface area contributed by atoms with E-state index in [1.807, 2.05) is 0 Å². The van der Waals surface area contributed by atoms with Crippen molar-refractivity contribution in [2.75, 3.05) is 11.9 Å². The topological polar surface area (TPSA) is 105 Å². The van der Waals surface area contributed by atoms with Gasteiger partial charge < -0.3 is 20.3 Å². The Morgan fingerprint density at radius 1 is 1.00 bits per heavy atom. The number of hydrogen-bond donors (Lipinski definition) is 3. The van der Waals surface area contributed by atoms with Gasteiger partial charge in [-0.1, -0.05) is 24.3 Å². The molecule has 1 heterocycles. The van der Waals surface area contributed by atoms with Crippen molar-refractivity contribution >= 4 is 17.6 Å². The number of carboxylic acids is 1. The van der Waals surface area contributed by atoms with Gasteiger partial charge in [0.25, 0.3) is 0 Å². The summed E-state index contributed by atoms with van der Waals surface area (Å²) in [6.07, 6.45) is 3.16. The molecular formula is C20H17F2N3O4. The first-order valence-electron chi connectivity index (χ1n) is 8.54. The number of alkyl halides is 2. The molecule has 29 heavy (non-hydrogen) atoms. The van der Waals surface area contributed by atoms with E-state index >= 15 is 0 Å². The number of aliphatic hydroxyl groups is 1. The zero-order chi connectivity index (χ0) is 20.8. The molecule has 1 aromatic heterocycles. The van der Waals surface area contributed by atoms with Crippen LogP contribution in [0.5, 0.6) is 5.75 Å². The minimum atomic E-state index is -2.87. The molecule has 9 heteroatoms. The lowest BCUT2D eigenvalue weighted by Crippen LogP contribution is -2.15. The molecule has 0 bridgehead atoms. The van der Waals surface area contributed by atoms with Gasteiger partial charge in [0.1, 0.15) is 11.7 Å². The highest BCUT2D eigenvalue weighted by molar-refractivity contribution is 5.76. The number of nitrogens with zero attached hydrogens (tertiary/aromatic N) is 2. The van der Waals surface area contributed by atoms with E-state index in [-0.39, 0.29) is 5.75 Å². The lowest BCUT2D eigenvalue weighted by atomic mass is 10.00. The van der Waals surface area contributed by atoms with Crippen molar-refractivity contribution in [1.82, 2.24) is 9.97 Å². The number of hydrogen-bond acceptors (Lipinski definition) is 6. The molecule has 1 unspecified atom stereocenters. The van der Waals surface area contributed by atoms with Crippen molar-refractivity contribution in [2.24, 2.45) is 0 Å². The number of rotatable bonds is 8. The number of carboxylic acid groups (broad SMARTS) is 1. The third kappa shape index (κ3) is 5.23. The summed E-state index contributed by atoms with van der Waals surface area (Å²) in [7, 11) is 0. The molecule has 150 valence electrons. The van der Waals surface area contributed by atoms with Gasteiger partial charge in [0.2, 0.25) is 5.95 Å². The third-order valence-electron chi connectivity index (χ3n) is 4.11. The van der Waals surface area contributed by atoms with Gasteiger partial charge in [-0.2, -0.15) is 8.78 Å². The van der Waals surface area contributed by atoms with Crippen molar-refractivity contribution in [2.45, 2.75) is 12.5 Å². The van der Waals surface area contributed by atoms with E-state index in [9.17, 15) is 18.7 Å². The predicted molar refractivity (Wildman–Crippen MR) is 101 cm³/mol. The summed E-state index contributed by atoms with van der Waals surface area (Å²) in [5.74, 6) is -1.67. The van der Waals surface area contributed by atoms with E-state index < -0.39 is 25.1 Å². The summed E-state index contributed by atoms with van der Waals surface area (Å²) in [6.45, 7) is -3.36. The fraction of sp³-hybridized carbons (Fsp3) is 0.150. The fourth-order valence-electron chi connectivity index (χ4n) is 2.62. The quantitative estimate of drug-likeness (QED) is 0.529. The minimum absolute atomic E-state index is 0.0673. The summed E-state index contributed by atoms with van der Waals surface area (Å²) in [4.78, 5) is 19.5. The number of nitrogens with one attached hydrogen (secondary N) is 1. The molecule has 3 N–H and O–H groups in total. The van der Waals surface area contributed by atoms with Gasteiger partial charge in [-0.15, -0.1) is 0 Å². The van der Waals surface area contributed by atoms with Crippen molar-refractivity contribution in [1.29, 1.82) is 0 Å². The second-order valence-electron chi connectivity index (χ2n) is 6.02. The van der Waals surface area contributed by atoms with E-state index in [0.717, 1.165) is 5.56 Å². The zero-order valence-electron chi connectivity index (χ0n) is 15.0. The zero-order valence-corrected chi connectivity index (χ0v) is 15.0. The Kier molecular flexibility index (Phi) is 6.30. The largest absolute Gasteiger partial charge is 0.481 e. The Morgan fingerprint density at radius 3 is 2.14 bits per heavy atom. The second kappa shape index (κ2) is 9.07. The van der Waals surface area contributed by atoms with E-state index in [4.69, 9.17) is 5.11 Å². The lowest BCUT2D eigenvalue weighted by molar-refractivity contribution is -0.139. The highest BCUT2D eigenvalue weighted by Gasteiger charge is 2.18. The first-order chi connectivity index (χ1) is 14.0. The summed E-state index contributed by atoms with van der Waals surface area (Å²) in [5, 5.41) is 21.2. The monoisotopic (exact) mass is 401 g/mol. The van der Waals surface area contributed by atoms with Crippen LogP contribution in [-0.2, 0) is 4.79 Å². The van der Waals surface area contributed by atoms with Gasteiger partial charge in [-0.3, -0.25) is 4.79 Å². The van der Waals surface area contributed by atoms with Crippen LogP contribution in [0.4, 0.5) is 20.4 Å². The summed E-state index contributed by atoms with van der Waals surface area (Å²) < 4.78 is 28.7. The van der Waals surface area contributed by atoms with Crippen LogP contribution in [0, 0.1) is 0 Å². The van der Waals surface area contributed by atoms with Gasteiger partial charge >= 0.3 is 12.6 Å². The SMILES string of the molecule is O=C(O)C(CO)c1ccc(Nc2ncc(-c3ccc(OC(F)F)cc3)cn2)cc1. The molecule has 3 rings (SSSR count). The van der Waals surface area contributed by atoms with Crippen LogP contribution in [0.1, 0.15) is 11.5 Å². The molecule has 0 saturated heterocycles. The number of halogens is 2. The maximum absolute atomic E-state index is 12.2. The molecule has 1 atom stereocenters. The molecule has 7 nitrogen and oxygen atoms in total. The Morgan fingerprint density at radius 2 is 1.62 bits per heavy atom. The average molecular weight is 401 g/mol. The van der Waals surface area contributed by atoms with Gasteiger partial charge in [0.15, 0.2) is 0 Å². The van der Waals surface area contributed by atoms with Gasteiger partial charge in [0, 0.05) is 23.6 Å². The smallest absolute Gasteiger partial charge is 0.387 e. The molecule has 0 spiro atoms. The Hall–Kier alpha value is -3.59. The van der Waals surface area contributed by atoms with Crippen LogP contribution in [0.15, 0.2) is 60.9 Å². The number of aliphatic hydroxyl groups excluding tert-OH is 1. The van der Waals surface area contributed by atoms with Crippen molar-refractivity contribution in [3.8, 4) is 16.9 Å². The minimum Gasteiger partial charge on any atom is -0.481 e. The van der Waals surface area contributed by atoms with Crippen LogP contribution in [-0.4, -0.2) is 39.4 Å². The maximum atomic E-state index is 12.2. The van der Waals surface area contributed by atoms with Gasteiger partial charge in [-0.25, -0.2) is 9.97 Å². The van der Waals surface area contributed by atoms with Crippen LogP contribution >= 0.6 is 0 Å². The number of carbonyl (C=O) groups is 1. The van der Waals surface area contributed by atoms with Crippen LogP contribution < -0.4 is 10.1 Å². The summed E-state index contributed by atoms with van der Waals surface area (Å²) in [5.41, 5.74) is 2.58. The van der Waals surface area contributed by atoms with Crippen LogP contribution in [0.25, 0.3) is 11.1 Å². The highest BCUT2D eigenvalue weighted by atomic mass is 19.3. The molecule has 0 aliphatic rings. The van der Waals surface area contributed by atoms with E-state index in [0.29, 0.717) is 22.8 Å². The van der Waals surface area contributed by atoms with Crippen molar-refractivity contribution < 1.29 is 28.5 Å². The van der Waals surface area contributed by atoms with Crippen molar-refractivity contribution in [3.63, 3.8) is 0 Å². The van der Waals surface area contributed by atoms with Crippen molar-refractivity contribution in [3.05, 3.63) is 66.5 Å². The summed E-state index contributed by atoms with van der Waals surface area (Å²) >= 11 is 0. The first-order valence-corrected chi connectivity index (χ1v) is 8.54. The number of aromatic nitrogens is 2. The fourth-order valence-corrected chi connectivity index (χ4v) is 2.62. The number of aliphatic carboxylic acids is 1. The third-order valence-corrected chi connectivity index (χ3v) is 4.11. The standard InChI is InChI=1S/C20H17F2N3O4/c21-19(22)29-16-7-3-12(4-8-16)14-9-23-20(24-10-14)25-15-5-1-13(2-6-15)17(11-26)18(27)28/h1-10,17,19,26H,11H2,(H,27,28)(H,23,24,25). The molecule has 3 aromatic rings. The molecule has 0 amide bonds. The molecule has 0 radical (unpaired) electrons. The number of ether oxygens (including phenoxy) is 1. The number of benzene rings is 2.